The number of benzene rings is 2. The first-order valence-corrected chi connectivity index (χ1v) is 6.68. The summed E-state index contributed by atoms with van der Waals surface area (Å²) in [5, 5.41) is 4.41. The lowest BCUT2D eigenvalue weighted by Crippen LogP contribution is -2.02. The van der Waals surface area contributed by atoms with Crippen LogP contribution in [0.4, 0.5) is 5.69 Å². The lowest BCUT2D eigenvalue weighted by molar-refractivity contribution is 0.410. The van der Waals surface area contributed by atoms with Gasteiger partial charge in [-0.3, -0.25) is 0 Å². The Hall–Kier alpha value is -1.38. The molecule has 0 saturated heterocycles. The largest absolute Gasteiger partial charge is 0.496 e. The van der Waals surface area contributed by atoms with Crippen LogP contribution in [-0.4, -0.2) is 7.11 Å². The molecule has 0 saturated carbocycles. The van der Waals surface area contributed by atoms with Crippen LogP contribution < -0.4 is 10.1 Å². The van der Waals surface area contributed by atoms with Gasteiger partial charge in [0.15, 0.2) is 0 Å². The topological polar surface area (TPSA) is 21.3 Å². The Morgan fingerprint density at radius 1 is 1.05 bits per heavy atom. The van der Waals surface area contributed by atoms with Crippen molar-refractivity contribution in [2.75, 3.05) is 12.4 Å². The number of anilines is 1. The van der Waals surface area contributed by atoms with Gasteiger partial charge < -0.3 is 10.1 Å². The van der Waals surface area contributed by atoms with Gasteiger partial charge in [-0.2, -0.15) is 0 Å². The molecule has 19 heavy (non-hydrogen) atoms. The second-order valence-electron chi connectivity index (χ2n) is 4.30. The van der Waals surface area contributed by atoms with Crippen LogP contribution in [0.15, 0.2) is 36.4 Å². The van der Waals surface area contributed by atoms with E-state index < -0.39 is 0 Å². The minimum Gasteiger partial charge on any atom is -0.496 e. The number of methoxy groups -OCH3 is 1. The van der Waals surface area contributed by atoms with Crippen LogP contribution in [0.1, 0.15) is 11.1 Å². The third-order valence-electron chi connectivity index (χ3n) is 2.84. The van der Waals surface area contributed by atoms with Crippen molar-refractivity contribution in [1.29, 1.82) is 0 Å². The van der Waals surface area contributed by atoms with Crippen molar-refractivity contribution in [2.45, 2.75) is 13.5 Å². The van der Waals surface area contributed by atoms with E-state index in [0.29, 0.717) is 16.6 Å². The summed E-state index contributed by atoms with van der Waals surface area (Å²) in [5.41, 5.74) is 3.23. The van der Waals surface area contributed by atoms with Crippen molar-refractivity contribution in [1.82, 2.24) is 0 Å². The smallest absolute Gasteiger partial charge is 0.123 e. The molecule has 0 atom stereocenters. The van der Waals surface area contributed by atoms with Gasteiger partial charge in [0.25, 0.3) is 0 Å². The second-order valence-corrected chi connectivity index (χ2v) is 5.11. The summed E-state index contributed by atoms with van der Waals surface area (Å²) >= 11 is 11.9. The van der Waals surface area contributed by atoms with Gasteiger partial charge in [0.2, 0.25) is 0 Å². The highest BCUT2D eigenvalue weighted by molar-refractivity contribution is 6.42. The number of nitrogens with one attached hydrogen (secondary N) is 1. The first kappa shape index (κ1) is 14.0. The van der Waals surface area contributed by atoms with E-state index >= 15 is 0 Å². The number of aryl methyl sites for hydroxylation is 1. The number of rotatable bonds is 4. The highest BCUT2D eigenvalue weighted by Gasteiger charge is 2.04. The Kier molecular flexibility index (Phi) is 4.56. The maximum atomic E-state index is 5.98. The van der Waals surface area contributed by atoms with Crippen molar-refractivity contribution >= 4 is 28.9 Å². The molecule has 2 aromatic rings. The van der Waals surface area contributed by atoms with Crippen molar-refractivity contribution in [3.8, 4) is 5.75 Å². The SMILES string of the molecule is COc1ccc(C)cc1CNc1ccc(Cl)c(Cl)c1. The van der Waals surface area contributed by atoms with E-state index in [-0.39, 0.29) is 0 Å². The summed E-state index contributed by atoms with van der Waals surface area (Å²) in [6.45, 7) is 2.73. The molecule has 0 amide bonds. The zero-order valence-corrected chi connectivity index (χ0v) is 12.3. The third kappa shape index (κ3) is 3.55. The first-order valence-electron chi connectivity index (χ1n) is 5.92. The fraction of sp³-hybridized carbons (Fsp3) is 0.200. The van der Waals surface area contributed by atoms with Crippen LogP contribution in [0.3, 0.4) is 0 Å². The fourth-order valence-electron chi connectivity index (χ4n) is 1.85. The number of hydrogen-bond acceptors (Lipinski definition) is 2. The highest BCUT2D eigenvalue weighted by Crippen LogP contribution is 2.26. The van der Waals surface area contributed by atoms with E-state index in [0.717, 1.165) is 17.0 Å². The van der Waals surface area contributed by atoms with E-state index in [2.05, 4.69) is 18.3 Å². The summed E-state index contributed by atoms with van der Waals surface area (Å²) in [7, 11) is 1.67. The Labute approximate surface area is 123 Å². The molecule has 1 N–H and O–H groups in total. The quantitative estimate of drug-likeness (QED) is 0.864. The van der Waals surface area contributed by atoms with Crippen molar-refractivity contribution in [3.63, 3.8) is 0 Å². The average molecular weight is 296 g/mol. The fourth-order valence-corrected chi connectivity index (χ4v) is 2.15. The Balaban J connectivity index is 2.13. The standard InChI is InChI=1S/C15H15Cl2NO/c1-10-3-6-15(19-2)11(7-10)9-18-12-4-5-13(16)14(17)8-12/h3-8,18H,9H2,1-2H3. The minimum atomic E-state index is 0.544. The molecule has 0 bridgehead atoms. The number of hydrogen-bond donors (Lipinski definition) is 1. The molecule has 0 spiro atoms. The van der Waals surface area contributed by atoms with Crippen molar-refractivity contribution < 1.29 is 4.74 Å². The molecule has 2 rings (SSSR count). The molecule has 100 valence electrons. The zero-order chi connectivity index (χ0) is 13.8. The molecule has 0 unspecified atom stereocenters. The first-order chi connectivity index (χ1) is 9.10. The van der Waals surface area contributed by atoms with Gasteiger partial charge in [0.1, 0.15) is 5.75 Å². The van der Waals surface area contributed by atoms with Gasteiger partial charge >= 0.3 is 0 Å². The van der Waals surface area contributed by atoms with Crippen LogP contribution >= 0.6 is 23.2 Å². The van der Waals surface area contributed by atoms with Crippen LogP contribution in [0, 0.1) is 6.92 Å². The van der Waals surface area contributed by atoms with Gasteiger partial charge in [-0.05, 0) is 31.2 Å². The number of halogens is 2. The van der Waals surface area contributed by atoms with E-state index in [1.807, 2.05) is 24.3 Å². The summed E-state index contributed by atoms with van der Waals surface area (Å²) in [6, 6.07) is 11.6. The molecule has 2 aromatic carbocycles. The molecule has 0 fully saturated rings. The maximum Gasteiger partial charge on any atom is 0.123 e. The van der Waals surface area contributed by atoms with E-state index in [1.54, 1.807) is 13.2 Å². The predicted molar refractivity (Wildman–Crippen MR) is 81.5 cm³/mol. The Bertz CT molecular complexity index is 584. The molecule has 0 aliphatic rings. The van der Waals surface area contributed by atoms with Gasteiger partial charge in [-0.1, -0.05) is 40.9 Å². The third-order valence-corrected chi connectivity index (χ3v) is 3.58. The summed E-state index contributed by atoms with van der Waals surface area (Å²) < 4.78 is 5.34. The molecule has 0 aliphatic carbocycles. The highest BCUT2D eigenvalue weighted by atomic mass is 35.5. The molecule has 2 nitrogen and oxygen atoms in total. The summed E-state index contributed by atoms with van der Waals surface area (Å²) in [5.74, 6) is 0.873. The summed E-state index contributed by atoms with van der Waals surface area (Å²) in [6.07, 6.45) is 0. The molecule has 0 aromatic heterocycles. The molecular weight excluding hydrogens is 281 g/mol. The zero-order valence-electron chi connectivity index (χ0n) is 10.8. The van der Waals surface area contributed by atoms with Gasteiger partial charge in [-0.25, -0.2) is 0 Å². The Morgan fingerprint density at radius 2 is 1.84 bits per heavy atom. The normalized spacial score (nSPS) is 10.3. The van der Waals surface area contributed by atoms with Gasteiger partial charge in [0, 0.05) is 17.8 Å². The minimum absolute atomic E-state index is 0.544. The molecule has 0 radical (unpaired) electrons. The molecular formula is C15H15Cl2NO. The van der Waals surface area contributed by atoms with E-state index in [1.165, 1.54) is 5.56 Å². The van der Waals surface area contributed by atoms with Crippen LogP contribution in [0.2, 0.25) is 10.0 Å². The number of ether oxygens (including phenoxy) is 1. The van der Waals surface area contributed by atoms with Crippen LogP contribution in [0.5, 0.6) is 5.75 Å². The van der Waals surface area contributed by atoms with Gasteiger partial charge in [-0.15, -0.1) is 0 Å². The maximum absolute atomic E-state index is 5.98. The molecule has 4 heteroatoms. The van der Waals surface area contributed by atoms with Gasteiger partial charge in [0.05, 0.1) is 17.2 Å². The Morgan fingerprint density at radius 3 is 2.53 bits per heavy atom. The van der Waals surface area contributed by atoms with Crippen molar-refractivity contribution in [2.24, 2.45) is 0 Å². The summed E-state index contributed by atoms with van der Waals surface area (Å²) in [4.78, 5) is 0. The predicted octanol–water partition coefficient (Wildman–Crippen LogP) is 4.92. The van der Waals surface area contributed by atoms with Crippen LogP contribution in [0.25, 0.3) is 0 Å². The average Bonchev–Trinajstić information content (AvgIpc) is 2.40. The van der Waals surface area contributed by atoms with E-state index in [9.17, 15) is 0 Å². The lowest BCUT2D eigenvalue weighted by Gasteiger charge is -2.12. The monoisotopic (exact) mass is 295 g/mol. The van der Waals surface area contributed by atoms with E-state index in [4.69, 9.17) is 27.9 Å². The lowest BCUT2D eigenvalue weighted by atomic mass is 10.1. The second kappa shape index (κ2) is 6.18. The van der Waals surface area contributed by atoms with Crippen LogP contribution in [-0.2, 0) is 6.54 Å². The molecule has 0 heterocycles. The molecule has 0 aliphatic heterocycles. The van der Waals surface area contributed by atoms with Crippen molar-refractivity contribution in [3.05, 3.63) is 57.6 Å².